The van der Waals surface area contributed by atoms with Crippen molar-refractivity contribution in [3.63, 3.8) is 0 Å². The topological polar surface area (TPSA) is 40.1 Å². The number of hydrogen-bond donors (Lipinski definition) is 0. The lowest BCUT2D eigenvalue weighted by molar-refractivity contribution is 0.543. The summed E-state index contributed by atoms with van der Waals surface area (Å²) in [6.45, 7) is 0. The number of rotatable bonds is 0. The Morgan fingerprint density at radius 3 is 1.29 bits per heavy atom. The SMILES string of the molecule is CS(=O)[O-].Cl.Cl.Cl. The van der Waals surface area contributed by atoms with Gasteiger partial charge in [0.15, 0.2) is 0 Å². The van der Waals surface area contributed by atoms with E-state index in [1.807, 2.05) is 0 Å². The highest BCUT2D eigenvalue weighted by Crippen LogP contribution is 1.45. The van der Waals surface area contributed by atoms with Crippen molar-refractivity contribution in [3.8, 4) is 0 Å². The van der Waals surface area contributed by atoms with Gasteiger partial charge in [0.2, 0.25) is 0 Å². The Kier molecular flexibility index (Phi) is 55.3. The van der Waals surface area contributed by atoms with Crippen LogP contribution in [0.3, 0.4) is 0 Å². The molecule has 0 amide bonds. The van der Waals surface area contributed by atoms with Crippen LogP contribution in [0.4, 0.5) is 0 Å². The van der Waals surface area contributed by atoms with Gasteiger partial charge in [-0.05, 0) is 6.26 Å². The van der Waals surface area contributed by atoms with Crippen LogP contribution in [-0.2, 0) is 11.1 Å². The van der Waals surface area contributed by atoms with Crippen molar-refractivity contribution < 1.29 is 8.76 Å². The quantitative estimate of drug-likeness (QED) is 0.527. The van der Waals surface area contributed by atoms with E-state index in [0.29, 0.717) is 0 Å². The second-order valence-corrected chi connectivity index (χ2v) is 1.20. The fourth-order valence-corrected chi connectivity index (χ4v) is 0. The van der Waals surface area contributed by atoms with Crippen molar-refractivity contribution in [1.29, 1.82) is 0 Å². The third-order valence-electron chi connectivity index (χ3n) is 0. The molecule has 0 aromatic carbocycles. The van der Waals surface area contributed by atoms with Gasteiger partial charge in [-0.15, -0.1) is 37.2 Å². The minimum absolute atomic E-state index is 0. The summed E-state index contributed by atoms with van der Waals surface area (Å²) < 4.78 is 18.0. The molecule has 0 aromatic heterocycles. The van der Waals surface area contributed by atoms with Crippen molar-refractivity contribution in [1.82, 2.24) is 0 Å². The van der Waals surface area contributed by atoms with Gasteiger partial charge >= 0.3 is 0 Å². The molecule has 0 saturated heterocycles. The predicted molar refractivity (Wildman–Crippen MR) is 36.6 cm³/mol. The lowest BCUT2D eigenvalue weighted by Crippen LogP contribution is -1.73. The molecule has 0 radical (unpaired) electrons. The normalized spacial score (nSPS) is 8.86. The van der Waals surface area contributed by atoms with Crippen molar-refractivity contribution in [2.45, 2.75) is 0 Å². The summed E-state index contributed by atoms with van der Waals surface area (Å²) in [7, 11) is 0. The molecule has 6 heteroatoms. The maximum atomic E-state index is 9.00. The Balaban J connectivity index is -0.0000000150. The number of hydrogen-bond acceptors (Lipinski definition) is 2. The van der Waals surface area contributed by atoms with Gasteiger partial charge in [0.05, 0.1) is 0 Å². The molecule has 0 saturated carbocycles. The molecule has 7 heavy (non-hydrogen) atoms. The molecule has 0 aliphatic heterocycles. The fraction of sp³-hybridized carbons (Fsp3) is 1.00. The van der Waals surface area contributed by atoms with E-state index in [-0.39, 0.29) is 37.2 Å². The molecule has 1 atom stereocenters. The maximum Gasteiger partial charge on any atom is -0.00142 e. The standard InChI is InChI=1S/CH4O2S.3ClH/c1-4(2)3;;;/h1H3,(H,2,3);3*1H/p-1. The molecule has 50 valence electrons. The molecule has 0 bridgehead atoms. The first kappa shape index (κ1) is 24.5. The first-order valence-electron chi connectivity index (χ1n) is 0.742. The van der Waals surface area contributed by atoms with Crippen molar-refractivity contribution >= 4 is 48.3 Å². The van der Waals surface area contributed by atoms with Crippen molar-refractivity contribution in [2.24, 2.45) is 0 Å². The fourth-order valence-electron chi connectivity index (χ4n) is 0. The highest BCUT2D eigenvalue weighted by Gasteiger charge is 1.41. The minimum atomic E-state index is -1.86. The minimum Gasteiger partial charge on any atom is -0.773 e. The second kappa shape index (κ2) is 15.8. The summed E-state index contributed by atoms with van der Waals surface area (Å²) in [5.41, 5.74) is 0. The monoisotopic (exact) mass is 187 g/mol. The van der Waals surface area contributed by atoms with Crippen LogP contribution in [0.25, 0.3) is 0 Å². The van der Waals surface area contributed by atoms with Crippen LogP contribution in [0, 0.1) is 0 Å². The van der Waals surface area contributed by atoms with Crippen molar-refractivity contribution in [2.75, 3.05) is 6.26 Å². The Bertz CT molecular complexity index is 35.9. The van der Waals surface area contributed by atoms with Crippen LogP contribution < -0.4 is 0 Å². The Hall–Kier alpha value is 0.980. The zero-order valence-corrected chi connectivity index (χ0v) is 6.72. The van der Waals surface area contributed by atoms with Crippen LogP contribution >= 0.6 is 37.2 Å². The van der Waals surface area contributed by atoms with Crippen molar-refractivity contribution in [3.05, 3.63) is 0 Å². The van der Waals surface area contributed by atoms with Crippen LogP contribution in [-0.4, -0.2) is 15.0 Å². The maximum absolute atomic E-state index is 9.00. The van der Waals surface area contributed by atoms with E-state index in [0.717, 1.165) is 6.26 Å². The smallest absolute Gasteiger partial charge is 0.00142 e. The van der Waals surface area contributed by atoms with Gasteiger partial charge in [0.25, 0.3) is 0 Å². The molecule has 2 nitrogen and oxygen atoms in total. The molecule has 0 aromatic rings. The van der Waals surface area contributed by atoms with Gasteiger partial charge in [-0.2, -0.15) is 0 Å². The van der Waals surface area contributed by atoms with E-state index in [2.05, 4.69) is 0 Å². The van der Waals surface area contributed by atoms with E-state index in [4.69, 9.17) is 8.76 Å². The predicted octanol–water partition coefficient (Wildman–Crippen LogP) is 0.761. The first-order chi connectivity index (χ1) is 1.73. The summed E-state index contributed by atoms with van der Waals surface area (Å²) in [4.78, 5) is 0. The van der Waals surface area contributed by atoms with Crippen LogP contribution in [0.5, 0.6) is 0 Å². The summed E-state index contributed by atoms with van der Waals surface area (Å²) in [5, 5.41) is 0. The Labute approximate surface area is 63.6 Å². The van der Waals surface area contributed by atoms with Crippen LogP contribution in [0.15, 0.2) is 0 Å². The Morgan fingerprint density at radius 2 is 1.29 bits per heavy atom. The summed E-state index contributed by atoms with van der Waals surface area (Å²) in [6, 6.07) is 0. The van der Waals surface area contributed by atoms with Gasteiger partial charge in [-0.3, -0.25) is 4.21 Å². The highest BCUT2D eigenvalue weighted by molar-refractivity contribution is 7.78. The molecular formula is CH6Cl3O2S-. The third-order valence-corrected chi connectivity index (χ3v) is 0. The number of halogens is 3. The molecule has 0 aliphatic carbocycles. The lowest BCUT2D eigenvalue weighted by Gasteiger charge is -1.85. The Morgan fingerprint density at radius 1 is 1.29 bits per heavy atom. The lowest BCUT2D eigenvalue weighted by atomic mass is 12.0. The van der Waals surface area contributed by atoms with E-state index >= 15 is 0 Å². The molecule has 1 unspecified atom stereocenters. The van der Waals surface area contributed by atoms with Gasteiger partial charge in [0, 0.05) is 0 Å². The molecule has 0 heterocycles. The molecule has 0 fully saturated rings. The van der Waals surface area contributed by atoms with E-state index in [1.165, 1.54) is 0 Å². The summed E-state index contributed by atoms with van der Waals surface area (Å²) in [5.74, 6) is 0. The van der Waals surface area contributed by atoms with Gasteiger partial charge < -0.3 is 4.55 Å². The van der Waals surface area contributed by atoms with Gasteiger partial charge in [0.1, 0.15) is 0 Å². The molecular weight excluding hydrogens is 182 g/mol. The van der Waals surface area contributed by atoms with Crippen LogP contribution in [0.1, 0.15) is 0 Å². The van der Waals surface area contributed by atoms with Gasteiger partial charge in [-0.1, -0.05) is 11.1 Å². The largest absolute Gasteiger partial charge is 0.773 e. The average Bonchev–Trinajstić information content (AvgIpc) is 0.811. The highest BCUT2D eigenvalue weighted by atomic mass is 35.5. The molecule has 0 spiro atoms. The van der Waals surface area contributed by atoms with E-state index in [1.54, 1.807) is 0 Å². The van der Waals surface area contributed by atoms with Crippen LogP contribution in [0.2, 0.25) is 0 Å². The molecule has 0 N–H and O–H groups in total. The molecule has 0 aliphatic rings. The summed E-state index contributed by atoms with van der Waals surface area (Å²) >= 11 is -1.86. The zero-order valence-electron chi connectivity index (χ0n) is 3.45. The zero-order chi connectivity index (χ0) is 3.58. The molecule has 0 rings (SSSR count). The van der Waals surface area contributed by atoms with Gasteiger partial charge in [-0.25, -0.2) is 0 Å². The van der Waals surface area contributed by atoms with E-state index in [9.17, 15) is 0 Å². The van der Waals surface area contributed by atoms with E-state index < -0.39 is 11.1 Å². The first-order valence-corrected chi connectivity index (χ1v) is 2.22. The summed E-state index contributed by atoms with van der Waals surface area (Å²) in [6.07, 6.45) is 1.08. The third kappa shape index (κ3) is 180. The second-order valence-electron chi connectivity index (χ2n) is 0.401. The average molecular weight is 188 g/mol.